The fourth-order valence-electron chi connectivity index (χ4n) is 3.60. The monoisotopic (exact) mass is 492 g/mol. The van der Waals surface area contributed by atoms with Gasteiger partial charge in [0.25, 0.3) is 5.91 Å². The van der Waals surface area contributed by atoms with Crippen LogP contribution in [0.2, 0.25) is 10.0 Å². The topological polar surface area (TPSA) is 84.3 Å². The van der Waals surface area contributed by atoms with Gasteiger partial charge in [-0.3, -0.25) is 4.79 Å². The molecule has 1 saturated heterocycles. The first-order valence-electron chi connectivity index (χ1n) is 10.2. The van der Waals surface area contributed by atoms with Gasteiger partial charge in [-0.25, -0.2) is 13.1 Å². The minimum absolute atomic E-state index is 0.0524. The number of hydrogen-bond donors (Lipinski definition) is 1. The molecule has 0 radical (unpaired) electrons. The second kappa shape index (κ2) is 9.62. The van der Waals surface area contributed by atoms with Crippen LogP contribution in [0.5, 0.6) is 0 Å². The van der Waals surface area contributed by atoms with Crippen molar-refractivity contribution in [2.75, 3.05) is 18.4 Å². The van der Waals surface area contributed by atoms with Crippen LogP contribution in [-0.4, -0.2) is 41.5 Å². The van der Waals surface area contributed by atoms with Crippen molar-refractivity contribution in [3.05, 3.63) is 75.9 Å². The summed E-state index contributed by atoms with van der Waals surface area (Å²) in [5.74, 6) is 0.0370. The molecule has 0 atom stereocenters. The van der Waals surface area contributed by atoms with Gasteiger partial charge in [0.2, 0.25) is 10.0 Å². The molecule has 0 spiro atoms. The van der Waals surface area contributed by atoms with Crippen LogP contribution in [0.4, 0.5) is 5.82 Å². The summed E-state index contributed by atoms with van der Waals surface area (Å²) in [4.78, 5) is 12.9. The Hall–Kier alpha value is -2.39. The molecule has 4 rings (SSSR count). The van der Waals surface area contributed by atoms with E-state index in [9.17, 15) is 13.2 Å². The summed E-state index contributed by atoms with van der Waals surface area (Å²) in [7, 11) is -3.77. The fourth-order valence-corrected chi connectivity index (χ4v) is 5.75. The Labute approximate surface area is 197 Å². The molecule has 1 aromatic heterocycles. The van der Waals surface area contributed by atoms with Crippen LogP contribution >= 0.6 is 23.2 Å². The first-order valence-corrected chi connectivity index (χ1v) is 12.4. The van der Waals surface area contributed by atoms with E-state index in [0.717, 1.165) is 24.8 Å². The van der Waals surface area contributed by atoms with Gasteiger partial charge in [-0.15, -0.1) is 0 Å². The largest absolute Gasteiger partial charge is 0.307 e. The minimum Gasteiger partial charge on any atom is -0.307 e. The number of anilines is 1. The molecule has 0 bridgehead atoms. The maximum atomic E-state index is 13.1. The van der Waals surface area contributed by atoms with Crippen molar-refractivity contribution in [3.8, 4) is 0 Å². The number of nitrogens with zero attached hydrogens (tertiary/aromatic N) is 3. The van der Waals surface area contributed by atoms with Crippen molar-refractivity contribution in [1.29, 1.82) is 0 Å². The van der Waals surface area contributed by atoms with E-state index in [1.54, 1.807) is 29.1 Å². The third kappa shape index (κ3) is 4.99. The number of nitrogens with one attached hydrogen (secondary N) is 1. The third-order valence-electron chi connectivity index (χ3n) is 5.33. The standard InChI is InChI=1S/C22H22Cl2N4O3S/c23-18-7-4-16(5-8-18)15-28-21(10-11-25-28)26-22(29)17-6-9-19(24)20(14-17)32(30,31)27-12-2-1-3-13-27/h4-11,14H,1-3,12-13,15H2,(H,26,29). The molecule has 1 N–H and O–H groups in total. The number of sulfonamides is 1. The summed E-state index contributed by atoms with van der Waals surface area (Å²) >= 11 is 12.1. The maximum Gasteiger partial charge on any atom is 0.256 e. The summed E-state index contributed by atoms with van der Waals surface area (Å²) in [6, 6.07) is 13.3. The number of rotatable bonds is 6. The van der Waals surface area contributed by atoms with E-state index in [-0.39, 0.29) is 15.5 Å². The first-order chi connectivity index (χ1) is 15.3. The van der Waals surface area contributed by atoms with Crippen LogP contribution in [0.25, 0.3) is 0 Å². The Morgan fingerprint density at radius 1 is 1.00 bits per heavy atom. The highest BCUT2D eigenvalue weighted by Gasteiger charge is 2.28. The van der Waals surface area contributed by atoms with Gasteiger partial charge in [-0.2, -0.15) is 9.40 Å². The quantitative estimate of drug-likeness (QED) is 0.541. The van der Waals surface area contributed by atoms with Gasteiger partial charge in [-0.05, 0) is 48.7 Å². The molecule has 2 heterocycles. The second-order valence-electron chi connectivity index (χ2n) is 7.56. The molecule has 1 aliphatic rings. The molecule has 0 saturated carbocycles. The predicted molar refractivity (Wildman–Crippen MR) is 125 cm³/mol. The molecule has 7 nitrogen and oxygen atoms in total. The smallest absolute Gasteiger partial charge is 0.256 e. The molecule has 32 heavy (non-hydrogen) atoms. The second-order valence-corrected chi connectivity index (χ2v) is 10.3. The van der Waals surface area contributed by atoms with Gasteiger partial charge >= 0.3 is 0 Å². The van der Waals surface area contributed by atoms with Crippen molar-refractivity contribution >= 4 is 45.0 Å². The zero-order valence-corrected chi connectivity index (χ0v) is 19.5. The third-order valence-corrected chi connectivity index (χ3v) is 7.96. The summed E-state index contributed by atoms with van der Waals surface area (Å²) in [5, 5.41) is 7.79. The number of carbonyl (C=O) groups is 1. The molecule has 1 fully saturated rings. The van der Waals surface area contributed by atoms with Crippen LogP contribution < -0.4 is 5.32 Å². The van der Waals surface area contributed by atoms with Gasteiger partial charge in [0.05, 0.1) is 17.8 Å². The number of aromatic nitrogens is 2. The molecule has 3 aromatic rings. The Morgan fingerprint density at radius 3 is 2.44 bits per heavy atom. The fraction of sp³-hybridized carbons (Fsp3) is 0.273. The molecule has 0 aliphatic carbocycles. The van der Waals surface area contributed by atoms with E-state index in [2.05, 4.69) is 10.4 Å². The van der Waals surface area contributed by atoms with Crippen molar-refractivity contribution in [2.45, 2.75) is 30.7 Å². The van der Waals surface area contributed by atoms with E-state index in [0.29, 0.717) is 30.5 Å². The zero-order chi connectivity index (χ0) is 22.7. The van der Waals surface area contributed by atoms with Crippen molar-refractivity contribution < 1.29 is 13.2 Å². The van der Waals surface area contributed by atoms with Crippen LogP contribution in [-0.2, 0) is 16.6 Å². The van der Waals surface area contributed by atoms with Crippen LogP contribution in [0.15, 0.2) is 59.6 Å². The van der Waals surface area contributed by atoms with Crippen molar-refractivity contribution in [3.63, 3.8) is 0 Å². The number of piperidine rings is 1. The lowest BCUT2D eigenvalue weighted by Gasteiger charge is -2.26. The van der Waals surface area contributed by atoms with Gasteiger partial charge in [-0.1, -0.05) is 41.8 Å². The lowest BCUT2D eigenvalue weighted by atomic mass is 10.2. The highest BCUT2D eigenvalue weighted by atomic mass is 35.5. The Bertz CT molecular complexity index is 1220. The molecular formula is C22H22Cl2N4O3S. The molecule has 0 unspecified atom stereocenters. The SMILES string of the molecule is O=C(Nc1ccnn1Cc1ccc(Cl)cc1)c1ccc(Cl)c(S(=O)(=O)N2CCCCC2)c1. The summed E-state index contributed by atoms with van der Waals surface area (Å²) in [5.41, 5.74) is 1.17. The zero-order valence-electron chi connectivity index (χ0n) is 17.2. The van der Waals surface area contributed by atoms with Crippen LogP contribution in [0.3, 0.4) is 0 Å². The van der Waals surface area contributed by atoms with Gasteiger partial charge in [0.15, 0.2) is 0 Å². The molecule has 2 aromatic carbocycles. The van der Waals surface area contributed by atoms with E-state index < -0.39 is 15.9 Å². The highest BCUT2D eigenvalue weighted by Crippen LogP contribution is 2.28. The lowest BCUT2D eigenvalue weighted by Crippen LogP contribution is -2.35. The summed E-state index contributed by atoms with van der Waals surface area (Å²) < 4.78 is 29.2. The molecular weight excluding hydrogens is 471 g/mol. The summed E-state index contributed by atoms with van der Waals surface area (Å²) in [6.45, 7) is 1.35. The number of benzene rings is 2. The van der Waals surface area contributed by atoms with Gasteiger partial charge < -0.3 is 5.32 Å². The summed E-state index contributed by atoms with van der Waals surface area (Å²) in [6.07, 6.45) is 4.22. The number of hydrogen-bond acceptors (Lipinski definition) is 4. The van der Waals surface area contributed by atoms with Crippen LogP contribution in [0, 0.1) is 0 Å². The van der Waals surface area contributed by atoms with E-state index in [1.807, 2.05) is 12.1 Å². The number of halogens is 2. The normalized spacial score (nSPS) is 14.9. The van der Waals surface area contributed by atoms with Gasteiger partial charge in [0.1, 0.15) is 10.7 Å². The lowest BCUT2D eigenvalue weighted by molar-refractivity contribution is 0.102. The minimum atomic E-state index is -3.77. The average molecular weight is 493 g/mol. The average Bonchev–Trinajstić information content (AvgIpc) is 3.22. The maximum absolute atomic E-state index is 13.1. The Balaban J connectivity index is 1.54. The molecule has 10 heteroatoms. The Kier molecular flexibility index (Phi) is 6.85. The van der Waals surface area contributed by atoms with Crippen molar-refractivity contribution in [2.24, 2.45) is 0 Å². The number of carbonyl (C=O) groups excluding carboxylic acids is 1. The first kappa shape index (κ1) is 22.8. The van der Waals surface area contributed by atoms with E-state index in [1.165, 1.54) is 22.5 Å². The highest BCUT2D eigenvalue weighted by molar-refractivity contribution is 7.89. The van der Waals surface area contributed by atoms with Crippen molar-refractivity contribution in [1.82, 2.24) is 14.1 Å². The van der Waals surface area contributed by atoms with E-state index in [4.69, 9.17) is 23.2 Å². The molecule has 168 valence electrons. The van der Waals surface area contributed by atoms with Gasteiger partial charge in [0, 0.05) is 29.7 Å². The predicted octanol–water partition coefficient (Wildman–Crippen LogP) is 4.67. The number of amides is 1. The Morgan fingerprint density at radius 2 is 1.72 bits per heavy atom. The molecule has 1 amide bonds. The molecule has 1 aliphatic heterocycles. The van der Waals surface area contributed by atoms with E-state index >= 15 is 0 Å². The van der Waals surface area contributed by atoms with Crippen LogP contribution in [0.1, 0.15) is 35.2 Å².